The average molecular weight is 1350 g/mol. The summed E-state index contributed by atoms with van der Waals surface area (Å²) in [5, 5.41) is 98.8. The molecule has 1 heterocycles. The van der Waals surface area contributed by atoms with Gasteiger partial charge >= 0.3 is 5.97 Å². The Morgan fingerprint density at radius 1 is 0.500 bits per heavy atom. The zero-order valence-electron chi connectivity index (χ0n) is 53.9. The minimum Gasteiger partial charge on any atom is -0.480 e. The molecule has 94 heavy (non-hydrogen) atoms. The summed E-state index contributed by atoms with van der Waals surface area (Å²) in [6.45, 7) is 5.32. The lowest BCUT2D eigenvalue weighted by Crippen LogP contribution is -2.61. The minimum atomic E-state index is -1.83. The van der Waals surface area contributed by atoms with E-state index in [-0.39, 0.29) is 50.8 Å². The van der Waals surface area contributed by atoms with Gasteiger partial charge in [-0.2, -0.15) is 0 Å². The maximum Gasteiger partial charge on any atom is 0.326 e. The number of rotatable bonds is 42. The largest absolute Gasteiger partial charge is 0.480 e. The molecule has 0 aromatic rings. The number of carboxylic acid groups (broad SMARTS) is 1. The van der Waals surface area contributed by atoms with Crippen LogP contribution in [0.1, 0.15) is 93.9 Å². The van der Waals surface area contributed by atoms with E-state index in [0.717, 1.165) is 6.92 Å². The highest BCUT2D eigenvalue weighted by atomic mass is 16.4. The van der Waals surface area contributed by atoms with Crippen molar-refractivity contribution in [1.29, 1.82) is 5.41 Å². The molecule has 39 heteroatoms. The molecule has 0 aromatic heterocycles. The molecule has 0 bridgehead atoms. The number of carbonyl (C=O) groups is 15. The van der Waals surface area contributed by atoms with Crippen molar-refractivity contribution in [1.82, 2.24) is 79.3 Å². The number of hydrogen-bond donors (Lipinski definition) is 23. The van der Waals surface area contributed by atoms with Crippen molar-refractivity contribution in [2.75, 3.05) is 65.8 Å². The predicted molar refractivity (Wildman–Crippen MR) is 328 cm³/mol. The fraction of sp³-hybridized carbons (Fsp3) is 0.709. The van der Waals surface area contributed by atoms with Gasteiger partial charge in [0.05, 0.1) is 52.7 Å². The summed E-state index contributed by atoms with van der Waals surface area (Å²) in [7, 11) is 0. The van der Waals surface area contributed by atoms with Crippen LogP contribution in [0, 0.1) is 23.2 Å². The van der Waals surface area contributed by atoms with Crippen LogP contribution in [0.5, 0.6) is 0 Å². The smallest absolute Gasteiger partial charge is 0.326 e. The van der Waals surface area contributed by atoms with Crippen LogP contribution < -0.4 is 85.9 Å². The van der Waals surface area contributed by atoms with Crippen molar-refractivity contribution in [3.63, 3.8) is 0 Å². The molecule has 0 aromatic carbocycles. The van der Waals surface area contributed by atoms with Crippen LogP contribution in [-0.2, 0) is 71.9 Å². The number of carboxylic acids is 1. The monoisotopic (exact) mass is 1340 g/mol. The second kappa shape index (κ2) is 42.3. The van der Waals surface area contributed by atoms with E-state index in [0.29, 0.717) is 19.3 Å². The van der Waals surface area contributed by atoms with Crippen molar-refractivity contribution >= 4 is 94.6 Å². The zero-order valence-corrected chi connectivity index (χ0v) is 53.9. The fourth-order valence-corrected chi connectivity index (χ4v) is 8.88. The number of hydrogen-bond acceptors (Lipinski definition) is 22. The number of nitrogens with two attached hydrogens (primary N) is 2. The molecule has 0 radical (unpaired) electrons. The third-order valence-electron chi connectivity index (χ3n) is 14.5. The molecule has 1 aliphatic rings. The number of nitrogens with one attached hydrogen (secondary N) is 15. The van der Waals surface area contributed by atoms with Gasteiger partial charge in [0, 0.05) is 13.1 Å². The molecule has 532 valence electrons. The van der Waals surface area contributed by atoms with Gasteiger partial charge in [0.1, 0.15) is 72.5 Å². The van der Waals surface area contributed by atoms with Gasteiger partial charge in [0.15, 0.2) is 5.96 Å². The minimum absolute atomic E-state index is 0.0423. The number of aliphatic hydroxyl groups is 5. The Morgan fingerprint density at radius 2 is 0.926 bits per heavy atom. The van der Waals surface area contributed by atoms with Gasteiger partial charge in [-0.25, -0.2) is 4.79 Å². The number of guanidine groups is 1. The van der Waals surface area contributed by atoms with Crippen LogP contribution in [0.3, 0.4) is 0 Å². The lowest BCUT2D eigenvalue weighted by Gasteiger charge is -2.28. The number of carbonyl (C=O) groups excluding carboxylic acids is 14. The highest BCUT2D eigenvalue weighted by molar-refractivity contribution is 5.99. The average Bonchev–Trinajstić information content (AvgIpc) is 1.70. The molecule has 0 aliphatic carbocycles. The van der Waals surface area contributed by atoms with Gasteiger partial charge in [0.2, 0.25) is 82.7 Å². The highest BCUT2D eigenvalue weighted by Gasteiger charge is 2.38. The van der Waals surface area contributed by atoms with Gasteiger partial charge in [-0.3, -0.25) is 72.5 Å². The summed E-state index contributed by atoms with van der Waals surface area (Å²) in [4.78, 5) is 196. The molecule has 25 N–H and O–H groups in total. The standard InChI is InChI=1S/C55H96N18O21/c1-9-27(6)42(53(92)65-30(54(93)94)12-10-14-59-55(57)58)72-50(89)36(24-78)68-49(88)34(22-76)67-44(83)29(8)63-47(86)33(21-75)64-38(79)18-61-45(84)32(20-74)70-52(91)41(26(4)5)71-39(80)19-60-43(82)28(7)62-46(85)31(16-25(2)3)66-48(87)35(23-77)69-51(90)37-13-11-15-73(37)40(81)17-56/h25-37,41-42,74-78H,9-24,56H2,1-8H3,(H,60,82)(H,61,84)(H,62,85)(H,63,86)(H,64,79)(H,65,92)(H,66,87)(H,67,83)(H,68,88)(H,69,90)(H,70,91)(H,71,80)(H,72,89)(H,93,94)(H4,57,58,59)/t27-,28-,29-,30-,31-,32-,33-,34-,35-,36-,37-,41-,42-/m0/s1. The van der Waals surface area contributed by atoms with Crippen LogP contribution in [0.2, 0.25) is 0 Å². The summed E-state index contributed by atoms with van der Waals surface area (Å²) >= 11 is 0. The maximum atomic E-state index is 13.4. The van der Waals surface area contributed by atoms with E-state index >= 15 is 0 Å². The number of aliphatic hydroxyl groups excluding tert-OH is 5. The molecule has 1 fully saturated rings. The van der Waals surface area contributed by atoms with E-state index in [1.807, 2.05) is 0 Å². The highest BCUT2D eigenvalue weighted by Crippen LogP contribution is 2.18. The van der Waals surface area contributed by atoms with Crippen LogP contribution in [0.15, 0.2) is 0 Å². The van der Waals surface area contributed by atoms with E-state index in [1.165, 1.54) is 25.7 Å². The number of amides is 14. The van der Waals surface area contributed by atoms with Gasteiger partial charge in [-0.15, -0.1) is 0 Å². The number of aliphatic carboxylic acids is 1. The van der Waals surface area contributed by atoms with Gasteiger partial charge in [-0.1, -0.05) is 48.0 Å². The Bertz CT molecular complexity index is 2650. The van der Waals surface area contributed by atoms with Crippen molar-refractivity contribution in [3.05, 3.63) is 0 Å². The third kappa shape index (κ3) is 28.5. The van der Waals surface area contributed by atoms with E-state index < -0.39 is 219 Å². The molecule has 1 aliphatic heterocycles. The summed E-state index contributed by atoms with van der Waals surface area (Å²) in [6.07, 6.45) is 1.22. The van der Waals surface area contributed by atoms with Crippen LogP contribution >= 0.6 is 0 Å². The SMILES string of the molecule is CC[C@H](C)[C@H](NC(=O)[C@H](CO)NC(=O)[C@H](CO)NC(=O)[C@H](C)NC(=O)[C@H](CO)NC(=O)CNC(=O)[C@H](CO)NC(=O)[C@@H](NC(=O)CNC(=O)[C@H](C)NC(=O)[C@H](CC(C)C)NC(=O)[C@H](CO)NC(=O)[C@@H]1CCCN1C(=O)CN)C(C)C)C(=O)N[C@@H](CCCNC(=N)N)C(=O)O. The Kier molecular flexibility index (Phi) is 37.4. The Morgan fingerprint density at radius 3 is 1.43 bits per heavy atom. The number of likely N-dealkylation sites (tertiary alicyclic amines) is 1. The third-order valence-corrected chi connectivity index (χ3v) is 14.5. The summed E-state index contributed by atoms with van der Waals surface area (Å²) < 4.78 is 0. The second-order valence-electron chi connectivity index (χ2n) is 22.9. The second-order valence-corrected chi connectivity index (χ2v) is 22.9. The molecule has 0 spiro atoms. The summed E-state index contributed by atoms with van der Waals surface area (Å²) in [5.74, 6) is -16.8. The number of nitrogens with zero attached hydrogens (tertiary/aromatic N) is 1. The van der Waals surface area contributed by atoms with E-state index in [4.69, 9.17) is 16.9 Å². The van der Waals surface area contributed by atoms with Crippen LogP contribution in [0.4, 0.5) is 0 Å². The zero-order chi connectivity index (χ0) is 71.7. The lowest BCUT2D eigenvalue weighted by atomic mass is 9.97. The van der Waals surface area contributed by atoms with Crippen molar-refractivity contribution < 1.29 is 103 Å². The molecule has 1 saturated heterocycles. The van der Waals surface area contributed by atoms with Crippen molar-refractivity contribution in [3.8, 4) is 0 Å². The van der Waals surface area contributed by atoms with Crippen LogP contribution in [-0.4, -0.2) is 268 Å². The predicted octanol–water partition coefficient (Wildman–Crippen LogP) is -11.4. The Hall–Kier alpha value is -8.92. The molecular weight excluding hydrogens is 1250 g/mol. The van der Waals surface area contributed by atoms with Gasteiger partial charge in [-0.05, 0) is 63.7 Å². The molecular formula is C55H96N18O21. The Balaban J connectivity index is 2.84. The summed E-state index contributed by atoms with van der Waals surface area (Å²) in [6, 6.07) is -18.0. The normalized spacial score (nSPS) is 16.5. The topological polar surface area (TPSA) is 625 Å². The lowest BCUT2D eigenvalue weighted by molar-refractivity contribution is -0.143. The molecule has 39 nitrogen and oxygen atoms in total. The van der Waals surface area contributed by atoms with Crippen LogP contribution in [0.25, 0.3) is 0 Å². The quantitative estimate of drug-likeness (QED) is 0.0153. The van der Waals surface area contributed by atoms with Gasteiger partial charge < -0.3 is 121 Å². The van der Waals surface area contributed by atoms with Crippen molar-refractivity contribution in [2.24, 2.45) is 29.2 Å². The maximum absolute atomic E-state index is 13.4. The molecule has 1 rings (SSSR count). The first-order chi connectivity index (χ1) is 44.1. The Labute approximate surface area is 541 Å². The molecule has 13 atom stereocenters. The first kappa shape index (κ1) is 83.1. The van der Waals surface area contributed by atoms with Gasteiger partial charge in [0.25, 0.3) is 0 Å². The first-order valence-corrected chi connectivity index (χ1v) is 30.4. The van der Waals surface area contributed by atoms with E-state index in [2.05, 4.69) is 74.4 Å². The molecule has 0 saturated carbocycles. The first-order valence-electron chi connectivity index (χ1n) is 30.4. The fourth-order valence-electron chi connectivity index (χ4n) is 8.88. The summed E-state index contributed by atoms with van der Waals surface area (Å²) in [5.41, 5.74) is 10.7. The molecule has 0 unspecified atom stereocenters. The molecule has 14 amide bonds. The van der Waals surface area contributed by atoms with E-state index in [9.17, 15) is 103 Å². The van der Waals surface area contributed by atoms with Crippen molar-refractivity contribution in [2.45, 2.75) is 166 Å². The van der Waals surface area contributed by atoms with E-state index in [1.54, 1.807) is 27.7 Å².